The number of halogens is 1. The minimum absolute atomic E-state index is 0.178. The molecule has 90 valence electrons. The number of carbonyl (C=O) groups excluding carboxylic acids is 1. The van der Waals surface area contributed by atoms with Crippen LogP contribution in [0.3, 0.4) is 0 Å². The standard InChI is InChI=1S/C12H14FNO2Si/c13-11-6-7-14(9-17-11)12(15)16-8-10-4-2-1-3-5-10/h1-5,11H,6-9H2/t11-/m0/s1. The fraction of sp³-hybridized carbons (Fsp3) is 0.417. The number of hydrogen-bond acceptors (Lipinski definition) is 2. The highest BCUT2D eigenvalue weighted by Crippen LogP contribution is 2.09. The molecule has 0 bridgehead atoms. The first-order valence-electron chi connectivity index (χ1n) is 5.59. The number of rotatable bonds is 2. The number of alkyl halides is 1. The first-order chi connectivity index (χ1) is 8.25. The third-order valence-corrected chi connectivity index (χ3v) is 3.92. The van der Waals surface area contributed by atoms with Gasteiger partial charge in [0.1, 0.15) is 16.1 Å². The molecule has 0 saturated carbocycles. The second-order valence-electron chi connectivity index (χ2n) is 3.92. The first-order valence-corrected chi connectivity index (χ1v) is 6.87. The molecule has 17 heavy (non-hydrogen) atoms. The van der Waals surface area contributed by atoms with E-state index in [4.69, 9.17) is 4.74 Å². The van der Waals surface area contributed by atoms with E-state index in [2.05, 4.69) is 0 Å². The Balaban J connectivity index is 1.78. The average molecular weight is 251 g/mol. The smallest absolute Gasteiger partial charge is 0.409 e. The largest absolute Gasteiger partial charge is 0.445 e. The summed E-state index contributed by atoms with van der Waals surface area (Å²) in [6.07, 6.45) is 0.571. The molecule has 1 aromatic rings. The lowest BCUT2D eigenvalue weighted by molar-refractivity contribution is 0.0973. The van der Waals surface area contributed by atoms with E-state index in [0.29, 0.717) is 19.1 Å². The molecule has 3 nitrogen and oxygen atoms in total. The minimum Gasteiger partial charge on any atom is -0.445 e. The fourth-order valence-corrected chi connectivity index (χ4v) is 2.66. The summed E-state index contributed by atoms with van der Waals surface area (Å²) in [5, 5.41) is 0. The van der Waals surface area contributed by atoms with Gasteiger partial charge in [-0.2, -0.15) is 0 Å². The molecule has 2 rings (SSSR count). The van der Waals surface area contributed by atoms with Gasteiger partial charge in [0.2, 0.25) is 0 Å². The van der Waals surface area contributed by atoms with Gasteiger partial charge in [0.05, 0.1) is 5.79 Å². The third-order valence-electron chi connectivity index (χ3n) is 2.62. The molecule has 1 aliphatic rings. The molecule has 1 aromatic carbocycles. The predicted molar refractivity (Wildman–Crippen MR) is 63.5 cm³/mol. The number of nitrogens with zero attached hydrogens (tertiary/aromatic N) is 1. The summed E-state index contributed by atoms with van der Waals surface area (Å²) >= 11 is 0. The molecular weight excluding hydrogens is 237 g/mol. The van der Waals surface area contributed by atoms with Crippen molar-refractivity contribution in [3.05, 3.63) is 35.9 Å². The summed E-state index contributed by atoms with van der Waals surface area (Å²) in [5.74, 6) is -0.742. The lowest BCUT2D eigenvalue weighted by Gasteiger charge is -2.27. The molecule has 2 radical (unpaired) electrons. The van der Waals surface area contributed by atoms with E-state index in [1.807, 2.05) is 30.3 Å². The average Bonchev–Trinajstić information content (AvgIpc) is 2.38. The predicted octanol–water partition coefficient (Wildman–Crippen LogP) is 1.99. The quantitative estimate of drug-likeness (QED) is 0.752. The van der Waals surface area contributed by atoms with Gasteiger partial charge >= 0.3 is 6.09 Å². The lowest BCUT2D eigenvalue weighted by atomic mass is 10.2. The van der Waals surface area contributed by atoms with Gasteiger partial charge in [0.25, 0.3) is 0 Å². The van der Waals surface area contributed by atoms with E-state index in [-0.39, 0.29) is 22.2 Å². The minimum atomic E-state index is -0.742. The van der Waals surface area contributed by atoms with Gasteiger partial charge < -0.3 is 9.64 Å². The van der Waals surface area contributed by atoms with E-state index < -0.39 is 5.79 Å². The Labute approximate surface area is 102 Å². The molecule has 1 aliphatic heterocycles. The Morgan fingerprint density at radius 3 is 2.88 bits per heavy atom. The fourth-order valence-electron chi connectivity index (χ4n) is 1.63. The maximum atomic E-state index is 12.9. The van der Waals surface area contributed by atoms with Crippen LogP contribution < -0.4 is 0 Å². The van der Waals surface area contributed by atoms with Gasteiger partial charge in [-0.1, -0.05) is 30.3 Å². The monoisotopic (exact) mass is 251 g/mol. The van der Waals surface area contributed by atoms with Gasteiger partial charge in [-0.15, -0.1) is 0 Å². The highest BCUT2D eigenvalue weighted by Gasteiger charge is 2.23. The van der Waals surface area contributed by atoms with Crippen molar-refractivity contribution in [2.75, 3.05) is 12.7 Å². The van der Waals surface area contributed by atoms with Crippen LogP contribution in [0.2, 0.25) is 0 Å². The molecule has 5 heteroatoms. The number of amides is 1. The van der Waals surface area contributed by atoms with Crippen molar-refractivity contribution >= 4 is 15.6 Å². The molecular formula is C12H14FNO2Si. The van der Waals surface area contributed by atoms with Crippen molar-refractivity contribution in [2.24, 2.45) is 0 Å². The van der Waals surface area contributed by atoms with Crippen LogP contribution in [0.5, 0.6) is 0 Å². The van der Waals surface area contributed by atoms with Crippen LogP contribution in [0.4, 0.5) is 9.18 Å². The van der Waals surface area contributed by atoms with E-state index in [0.717, 1.165) is 5.56 Å². The molecule has 0 spiro atoms. The molecule has 0 aromatic heterocycles. The summed E-state index contributed by atoms with van der Waals surface area (Å²) in [5.41, 5.74) is 0.962. The van der Waals surface area contributed by atoms with Gasteiger partial charge in [0.15, 0.2) is 0 Å². The van der Waals surface area contributed by atoms with E-state index in [9.17, 15) is 9.18 Å². The maximum Gasteiger partial charge on any atom is 0.409 e. The molecule has 1 amide bonds. The zero-order valence-corrected chi connectivity index (χ0v) is 10.4. The van der Waals surface area contributed by atoms with E-state index in [1.54, 1.807) is 4.90 Å². The first kappa shape index (κ1) is 12.1. The summed E-state index contributed by atoms with van der Waals surface area (Å²) in [6.45, 7) is 0.736. The number of carbonyl (C=O) groups is 1. The van der Waals surface area contributed by atoms with Gasteiger partial charge in [-0.25, -0.2) is 4.79 Å². The SMILES string of the molecule is O=C(OCc1ccccc1)N1CC[C@@H](F)[Si]C1. The van der Waals surface area contributed by atoms with Gasteiger partial charge in [0, 0.05) is 12.7 Å². The second kappa shape index (κ2) is 5.81. The Bertz CT molecular complexity index is 366. The van der Waals surface area contributed by atoms with Gasteiger partial charge in [-0.3, -0.25) is 4.39 Å². The zero-order valence-electron chi connectivity index (χ0n) is 9.43. The van der Waals surface area contributed by atoms with Crippen LogP contribution in [-0.4, -0.2) is 39.0 Å². The molecule has 1 heterocycles. The van der Waals surface area contributed by atoms with Crippen LogP contribution in [0.1, 0.15) is 12.0 Å². The zero-order chi connectivity index (χ0) is 12.1. The van der Waals surface area contributed by atoms with Crippen molar-refractivity contribution in [2.45, 2.75) is 18.8 Å². The molecule has 1 fully saturated rings. The van der Waals surface area contributed by atoms with Crippen LogP contribution in [0.25, 0.3) is 0 Å². The summed E-state index contributed by atoms with van der Waals surface area (Å²) < 4.78 is 18.1. The van der Waals surface area contributed by atoms with Gasteiger partial charge in [-0.05, 0) is 12.0 Å². The topological polar surface area (TPSA) is 29.5 Å². The Kier molecular flexibility index (Phi) is 4.14. The van der Waals surface area contributed by atoms with Crippen molar-refractivity contribution in [1.29, 1.82) is 0 Å². The summed E-state index contributed by atoms with van der Waals surface area (Å²) in [7, 11) is 0.178. The highest BCUT2D eigenvalue weighted by atomic mass is 28.2. The van der Waals surface area contributed by atoms with Crippen molar-refractivity contribution in [1.82, 2.24) is 4.90 Å². The number of benzene rings is 1. The Morgan fingerprint density at radius 2 is 2.24 bits per heavy atom. The normalized spacial score (nSPS) is 20.1. The Morgan fingerprint density at radius 1 is 1.47 bits per heavy atom. The number of hydrogen-bond donors (Lipinski definition) is 0. The molecule has 1 atom stereocenters. The summed E-state index contributed by atoms with van der Waals surface area (Å²) in [4.78, 5) is 13.2. The highest BCUT2D eigenvalue weighted by molar-refractivity contribution is 6.38. The number of ether oxygens (including phenoxy) is 1. The summed E-state index contributed by atoms with van der Waals surface area (Å²) in [6, 6.07) is 9.53. The third kappa shape index (κ3) is 3.56. The van der Waals surface area contributed by atoms with Crippen molar-refractivity contribution in [3.8, 4) is 0 Å². The van der Waals surface area contributed by atoms with E-state index >= 15 is 0 Å². The molecule has 0 aliphatic carbocycles. The Hall–Kier alpha value is -1.36. The van der Waals surface area contributed by atoms with E-state index in [1.165, 1.54) is 0 Å². The van der Waals surface area contributed by atoms with Crippen molar-refractivity contribution in [3.63, 3.8) is 0 Å². The van der Waals surface area contributed by atoms with Crippen LogP contribution in [-0.2, 0) is 11.3 Å². The van der Waals surface area contributed by atoms with Crippen molar-refractivity contribution < 1.29 is 13.9 Å². The van der Waals surface area contributed by atoms with Crippen LogP contribution in [0, 0.1) is 0 Å². The van der Waals surface area contributed by atoms with Crippen LogP contribution in [0.15, 0.2) is 30.3 Å². The second-order valence-corrected chi connectivity index (χ2v) is 5.27. The molecule has 1 saturated heterocycles. The molecule has 0 N–H and O–H groups in total. The van der Waals surface area contributed by atoms with Crippen LogP contribution >= 0.6 is 0 Å². The molecule has 0 unspecified atom stereocenters. The maximum absolute atomic E-state index is 12.9. The lowest BCUT2D eigenvalue weighted by Crippen LogP contribution is -2.43.